The fraction of sp³-hybridized carbons (Fsp3) is 0.150. The second-order valence-electron chi connectivity index (χ2n) is 6.41. The number of ether oxygens (including phenoxy) is 1. The zero-order valence-corrected chi connectivity index (χ0v) is 18.3. The fourth-order valence-electron chi connectivity index (χ4n) is 2.64. The summed E-state index contributed by atoms with van der Waals surface area (Å²) in [4.78, 5) is 8.30. The van der Waals surface area contributed by atoms with E-state index >= 15 is 0 Å². The molecule has 156 valence electrons. The maximum Gasteiger partial charge on any atom is 0.264 e. The molecule has 0 fully saturated rings. The second-order valence-corrected chi connectivity index (χ2v) is 8.50. The SMILES string of the molecule is COc1ccc(NC(=S)Nc2ccc(S(=O)(=O)Nc3nc(C)cc(C)n3)cc2)cc1. The number of hydrogen-bond donors (Lipinski definition) is 3. The molecule has 3 aromatic rings. The molecule has 0 amide bonds. The zero-order valence-electron chi connectivity index (χ0n) is 16.6. The third kappa shape index (κ3) is 5.65. The van der Waals surface area contributed by atoms with E-state index < -0.39 is 10.0 Å². The normalized spacial score (nSPS) is 10.9. The van der Waals surface area contributed by atoms with Crippen molar-refractivity contribution in [2.45, 2.75) is 18.7 Å². The molecule has 3 rings (SSSR count). The number of nitrogens with zero attached hydrogens (tertiary/aromatic N) is 2. The Morgan fingerprint density at radius 1 is 0.900 bits per heavy atom. The van der Waals surface area contributed by atoms with Gasteiger partial charge in [-0.2, -0.15) is 0 Å². The largest absolute Gasteiger partial charge is 0.497 e. The molecule has 0 aliphatic rings. The molecule has 2 aromatic carbocycles. The molecule has 0 spiro atoms. The molecular weight excluding hydrogens is 422 g/mol. The molecule has 0 saturated heterocycles. The van der Waals surface area contributed by atoms with Gasteiger partial charge in [0.05, 0.1) is 12.0 Å². The summed E-state index contributed by atoms with van der Waals surface area (Å²) < 4.78 is 32.7. The van der Waals surface area contributed by atoms with Crippen LogP contribution < -0.4 is 20.1 Å². The van der Waals surface area contributed by atoms with Crippen LogP contribution in [0.4, 0.5) is 17.3 Å². The van der Waals surface area contributed by atoms with Crippen LogP contribution in [0.1, 0.15) is 11.4 Å². The average molecular weight is 444 g/mol. The quantitative estimate of drug-likeness (QED) is 0.495. The lowest BCUT2D eigenvalue weighted by atomic mass is 10.3. The van der Waals surface area contributed by atoms with Crippen molar-refractivity contribution in [3.63, 3.8) is 0 Å². The summed E-state index contributed by atoms with van der Waals surface area (Å²) in [7, 11) is -2.21. The molecule has 3 N–H and O–H groups in total. The van der Waals surface area contributed by atoms with Crippen molar-refractivity contribution in [1.82, 2.24) is 9.97 Å². The first kappa shape index (κ1) is 21.5. The summed E-state index contributed by atoms with van der Waals surface area (Å²) in [6.45, 7) is 3.55. The van der Waals surface area contributed by atoms with Crippen molar-refractivity contribution in [3.8, 4) is 5.75 Å². The van der Waals surface area contributed by atoms with Crippen LogP contribution >= 0.6 is 12.2 Å². The van der Waals surface area contributed by atoms with Gasteiger partial charge in [-0.1, -0.05) is 0 Å². The number of thiocarbonyl (C=S) groups is 1. The van der Waals surface area contributed by atoms with Crippen molar-refractivity contribution in [3.05, 3.63) is 66.0 Å². The lowest BCUT2D eigenvalue weighted by Crippen LogP contribution is -2.19. The third-order valence-corrected chi connectivity index (χ3v) is 5.53. The molecule has 1 aromatic heterocycles. The van der Waals surface area contributed by atoms with Gasteiger partial charge < -0.3 is 15.4 Å². The summed E-state index contributed by atoms with van der Waals surface area (Å²) in [6, 6.07) is 15.3. The van der Waals surface area contributed by atoms with Crippen LogP contribution in [0.2, 0.25) is 0 Å². The predicted molar refractivity (Wildman–Crippen MR) is 122 cm³/mol. The molecule has 0 radical (unpaired) electrons. The Kier molecular flexibility index (Phi) is 6.48. The van der Waals surface area contributed by atoms with Gasteiger partial charge in [0.1, 0.15) is 5.75 Å². The minimum Gasteiger partial charge on any atom is -0.497 e. The highest BCUT2D eigenvalue weighted by Gasteiger charge is 2.16. The van der Waals surface area contributed by atoms with Crippen molar-refractivity contribution < 1.29 is 13.2 Å². The number of hydrogen-bond acceptors (Lipinski definition) is 6. The Morgan fingerprint density at radius 3 is 1.90 bits per heavy atom. The number of methoxy groups -OCH3 is 1. The summed E-state index contributed by atoms with van der Waals surface area (Å²) in [6.07, 6.45) is 0. The highest BCUT2D eigenvalue weighted by molar-refractivity contribution is 7.92. The standard InChI is InChI=1S/C20H21N5O3S2/c1-13-12-14(2)22-19(21-13)25-30(26,27)18-10-6-16(7-11-18)24-20(29)23-15-4-8-17(28-3)9-5-15/h4-12H,1-3H3,(H,21,22,25)(H2,23,24,29). The van der Waals surface area contributed by atoms with Gasteiger partial charge in [0.2, 0.25) is 5.95 Å². The first-order chi connectivity index (χ1) is 14.2. The van der Waals surface area contributed by atoms with Crippen LogP contribution in [0, 0.1) is 13.8 Å². The number of benzene rings is 2. The van der Waals surface area contributed by atoms with Gasteiger partial charge in [0.25, 0.3) is 10.0 Å². The Balaban J connectivity index is 1.65. The van der Waals surface area contributed by atoms with Crippen molar-refractivity contribution in [2.24, 2.45) is 0 Å². The molecule has 10 heteroatoms. The summed E-state index contributed by atoms with van der Waals surface area (Å²) in [5.41, 5.74) is 2.79. The smallest absolute Gasteiger partial charge is 0.264 e. The van der Waals surface area contributed by atoms with E-state index in [-0.39, 0.29) is 10.8 Å². The number of sulfonamides is 1. The Morgan fingerprint density at radius 2 is 1.40 bits per heavy atom. The topological polar surface area (TPSA) is 105 Å². The number of aromatic nitrogens is 2. The molecule has 0 bridgehead atoms. The van der Waals surface area contributed by atoms with Crippen molar-refractivity contribution >= 4 is 44.7 Å². The van der Waals surface area contributed by atoms with E-state index in [9.17, 15) is 8.42 Å². The summed E-state index contributed by atoms with van der Waals surface area (Å²) in [5, 5.41) is 6.43. The Hall–Kier alpha value is -3.24. The van der Waals surface area contributed by atoms with Crippen molar-refractivity contribution in [2.75, 3.05) is 22.5 Å². The van der Waals surface area contributed by atoms with E-state index in [1.807, 2.05) is 24.3 Å². The molecule has 8 nitrogen and oxygen atoms in total. The van der Waals surface area contributed by atoms with Gasteiger partial charge in [-0.3, -0.25) is 0 Å². The number of nitrogens with one attached hydrogen (secondary N) is 3. The van der Waals surface area contributed by atoms with Crippen LogP contribution in [0.5, 0.6) is 5.75 Å². The predicted octanol–water partition coefficient (Wildman–Crippen LogP) is 3.71. The number of anilines is 3. The highest BCUT2D eigenvalue weighted by Crippen LogP contribution is 2.18. The van der Waals surface area contributed by atoms with E-state index in [1.165, 1.54) is 12.1 Å². The van der Waals surface area contributed by atoms with E-state index in [4.69, 9.17) is 17.0 Å². The molecule has 0 aliphatic heterocycles. The molecule has 0 unspecified atom stereocenters. The van der Waals surface area contributed by atoms with Gasteiger partial charge in [0, 0.05) is 22.8 Å². The number of rotatable bonds is 6. The lowest BCUT2D eigenvalue weighted by Gasteiger charge is -2.12. The van der Waals surface area contributed by atoms with Crippen molar-refractivity contribution in [1.29, 1.82) is 0 Å². The number of aryl methyl sites for hydroxylation is 2. The maximum absolute atomic E-state index is 12.6. The molecule has 0 aliphatic carbocycles. The minimum absolute atomic E-state index is 0.0413. The van der Waals surface area contributed by atoms with E-state index in [1.54, 1.807) is 39.2 Å². The van der Waals surface area contributed by atoms with E-state index in [2.05, 4.69) is 25.3 Å². The summed E-state index contributed by atoms with van der Waals surface area (Å²) >= 11 is 5.30. The van der Waals surface area contributed by atoms with Gasteiger partial charge >= 0.3 is 0 Å². The third-order valence-electron chi connectivity index (χ3n) is 3.98. The molecule has 0 atom stereocenters. The maximum atomic E-state index is 12.6. The second kappa shape index (κ2) is 9.06. The lowest BCUT2D eigenvalue weighted by molar-refractivity contribution is 0.415. The first-order valence-corrected chi connectivity index (χ1v) is 10.8. The first-order valence-electron chi connectivity index (χ1n) is 8.92. The Bertz CT molecular complexity index is 1130. The van der Waals surface area contributed by atoms with E-state index in [0.717, 1.165) is 11.4 Å². The molecule has 30 heavy (non-hydrogen) atoms. The van der Waals surface area contributed by atoms with Crippen LogP contribution in [-0.2, 0) is 10.0 Å². The Labute approximate surface area is 180 Å². The van der Waals surface area contributed by atoms with Crippen LogP contribution in [0.3, 0.4) is 0 Å². The fourth-order valence-corrected chi connectivity index (χ4v) is 3.82. The van der Waals surface area contributed by atoms with Gasteiger partial charge in [-0.25, -0.2) is 23.1 Å². The molecule has 1 heterocycles. The van der Waals surface area contributed by atoms with E-state index in [0.29, 0.717) is 22.2 Å². The van der Waals surface area contributed by atoms with Crippen LogP contribution in [0.15, 0.2) is 59.5 Å². The van der Waals surface area contributed by atoms with Crippen LogP contribution in [0.25, 0.3) is 0 Å². The zero-order chi connectivity index (χ0) is 21.7. The highest BCUT2D eigenvalue weighted by atomic mass is 32.2. The average Bonchev–Trinajstić information content (AvgIpc) is 2.67. The molecule has 0 saturated carbocycles. The minimum atomic E-state index is -3.81. The molecular formula is C20H21N5O3S2. The van der Waals surface area contributed by atoms with Crippen LogP contribution in [-0.4, -0.2) is 30.6 Å². The summed E-state index contributed by atoms with van der Waals surface area (Å²) in [5.74, 6) is 0.788. The van der Waals surface area contributed by atoms with Gasteiger partial charge in [-0.05, 0) is 80.7 Å². The monoisotopic (exact) mass is 443 g/mol. The van der Waals surface area contributed by atoms with Gasteiger partial charge in [0.15, 0.2) is 5.11 Å². The van der Waals surface area contributed by atoms with Gasteiger partial charge in [-0.15, -0.1) is 0 Å².